The van der Waals surface area contributed by atoms with E-state index in [-0.39, 0.29) is 31.0 Å². The molecule has 1 unspecified atom stereocenters. The lowest BCUT2D eigenvalue weighted by Gasteiger charge is -2.21. The van der Waals surface area contributed by atoms with E-state index in [4.69, 9.17) is 18.6 Å². The number of ether oxygens (including phenoxy) is 3. The zero-order valence-corrected chi connectivity index (χ0v) is 28.7. The number of carbonyl (C=O) groups excluding carboxylic acids is 3. The fourth-order valence-corrected chi connectivity index (χ4v) is 6.08. The van der Waals surface area contributed by atoms with Crippen LogP contribution in [0.15, 0.2) is 108 Å². The summed E-state index contributed by atoms with van der Waals surface area (Å²) in [6.07, 6.45) is 1.90. The molecule has 1 aliphatic carbocycles. The minimum Gasteiger partial charge on any atom is -0.489 e. The van der Waals surface area contributed by atoms with E-state index in [0.717, 1.165) is 45.2 Å². The van der Waals surface area contributed by atoms with E-state index in [9.17, 15) is 14.4 Å². The minimum atomic E-state index is -1.03. The van der Waals surface area contributed by atoms with Gasteiger partial charge in [-0.05, 0) is 92.6 Å². The molecule has 0 bridgehead atoms. The predicted octanol–water partition coefficient (Wildman–Crippen LogP) is 8.23. The highest BCUT2D eigenvalue weighted by Gasteiger charge is 2.45. The van der Waals surface area contributed by atoms with Crippen LogP contribution < -0.4 is 15.4 Å². The van der Waals surface area contributed by atoms with Crippen LogP contribution in [0.5, 0.6) is 5.75 Å². The molecule has 0 aliphatic heterocycles. The maximum absolute atomic E-state index is 13.4. The highest BCUT2D eigenvalue weighted by molar-refractivity contribution is 5.93. The van der Waals surface area contributed by atoms with Crippen molar-refractivity contribution in [2.75, 3.05) is 6.61 Å². The SMILES string of the molecule is CCOC(=O)C(NC(=O)[C@@H]1C[C@H]1c1ccccc1)c1ccccc1OCc1cc(-c2cccc(CNC(=O)OC(C)(C)C)c2)c2occc2c1. The first kappa shape index (κ1) is 34.3. The summed E-state index contributed by atoms with van der Waals surface area (Å²) in [6.45, 7) is 7.87. The number of amides is 2. The number of furan rings is 1. The van der Waals surface area contributed by atoms with Crippen LogP contribution in [0.4, 0.5) is 4.79 Å². The number of para-hydroxylation sites is 1. The van der Waals surface area contributed by atoms with Gasteiger partial charge in [0.25, 0.3) is 0 Å². The summed E-state index contributed by atoms with van der Waals surface area (Å²) < 4.78 is 23.0. The number of benzene rings is 4. The van der Waals surface area contributed by atoms with Gasteiger partial charge < -0.3 is 29.3 Å². The molecule has 1 aromatic heterocycles. The maximum Gasteiger partial charge on any atom is 0.407 e. The lowest BCUT2D eigenvalue weighted by molar-refractivity contribution is -0.147. The van der Waals surface area contributed by atoms with Crippen LogP contribution in [-0.4, -0.2) is 30.2 Å². The first-order chi connectivity index (χ1) is 24.1. The van der Waals surface area contributed by atoms with Gasteiger partial charge in [-0.25, -0.2) is 9.59 Å². The summed E-state index contributed by atoms with van der Waals surface area (Å²) in [7, 11) is 0. The van der Waals surface area contributed by atoms with Gasteiger partial charge in [0.05, 0.1) is 12.9 Å². The molecule has 5 aromatic rings. The number of carbonyl (C=O) groups is 3. The van der Waals surface area contributed by atoms with Crippen LogP contribution in [0.3, 0.4) is 0 Å². The summed E-state index contributed by atoms with van der Waals surface area (Å²) >= 11 is 0. The second-order valence-corrected chi connectivity index (χ2v) is 13.4. The van der Waals surface area contributed by atoms with Gasteiger partial charge in [-0.2, -0.15) is 0 Å². The standard InChI is InChI=1S/C41H42N2O7/c1-5-47-39(45)36(43-38(44)34-23-32(34)28-13-7-6-8-14-28)31-16-9-10-17-35(31)49-25-27-21-30-18-19-48-37(30)33(22-27)29-15-11-12-26(20-29)24-42-40(46)50-41(2,3)4/h6-22,32,34,36H,5,23-25H2,1-4H3,(H,42,46)(H,43,44)/t32-,34+,36?/m0/s1. The molecule has 3 atom stereocenters. The van der Waals surface area contributed by atoms with Crippen molar-refractivity contribution >= 4 is 28.9 Å². The molecule has 50 heavy (non-hydrogen) atoms. The average Bonchev–Trinajstić information content (AvgIpc) is 3.77. The number of rotatable bonds is 12. The van der Waals surface area contributed by atoms with Crippen molar-refractivity contribution in [3.05, 3.63) is 126 Å². The third kappa shape index (κ3) is 8.34. The van der Waals surface area contributed by atoms with Crippen molar-refractivity contribution in [1.82, 2.24) is 10.6 Å². The van der Waals surface area contributed by atoms with E-state index in [1.54, 1.807) is 25.3 Å². The van der Waals surface area contributed by atoms with Gasteiger partial charge in [-0.15, -0.1) is 0 Å². The number of hydrogen-bond donors (Lipinski definition) is 2. The second kappa shape index (κ2) is 14.9. The van der Waals surface area contributed by atoms with Crippen molar-refractivity contribution in [2.45, 2.75) is 64.8 Å². The molecule has 0 saturated heterocycles. The summed E-state index contributed by atoms with van der Waals surface area (Å²) in [4.78, 5) is 38.9. The highest BCUT2D eigenvalue weighted by atomic mass is 16.6. The molecule has 2 N–H and O–H groups in total. The van der Waals surface area contributed by atoms with Gasteiger partial charge >= 0.3 is 12.1 Å². The van der Waals surface area contributed by atoms with Crippen molar-refractivity contribution in [3.8, 4) is 16.9 Å². The van der Waals surface area contributed by atoms with Crippen molar-refractivity contribution in [2.24, 2.45) is 5.92 Å². The molecule has 2 amide bonds. The van der Waals surface area contributed by atoms with Gasteiger partial charge in [-0.1, -0.05) is 66.7 Å². The van der Waals surface area contributed by atoms with E-state index in [1.807, 2.05) is 106 Å². The van der Waals surface area contributed by atoms with Gasteiger partial charge in [0.2, 0.25) is 5.91 Å². The Morgan fingerprint density at radius 1 is 0.900 bits per heavy atom. The zero-order chi connectivity index (χ0) is 35.3. The molecule has 1 fully saturated rings. The Labute approximate surface area is 291 Å². The van der Waals surface area contributed by atoms with E-state index in [1.165, 1.54) is 0 Å². The summed E-state index contributed by atoms with van der Waals surface area (Å²) in [6, 6.07) is 29.9. The molecule has 6 rings (SSSR count). The molecule has 1 aliphatic rings. The molecule has 1 saturated carbocycles. The predicted molar refractivity (Wildman–Crippen MR) is 190 cm³/mol. The molecule has 258 valence electrons. The lowest BCUT2D eigenvalue weighted by Crippen LogP contribution is -2.36. The van der Waals surface area contributed by atoms with E-state index in [0.29, 0.717) is 17.9 Å². The molecule has 0 radical (unpaired) electrons. The monoisotopic (exact) mass is 674 g/mol. The van der Waals surface area contributed by atoms with Crippen molar-refractivity contribution in [3.63, 3.8) is 0 Å². The molecule has 0 spiro atoms. The van der Waals surface area contributed by atoms with Crippen LogP contribution >= 0.6 is 0 Å². The first-order valence-corrected chi connectivity index (χ1v) is 16.9. The second-order valence-electron chi connectivity index (χ2n) is 13.4. The number of fused-ring (bicyclic) bond motifs is 1. The van der Waals surface area contributed by atoms with Crippen LogP contribution in [0.25, 0.3) is 22.1 Å². The van der Waals surface area contributed by atoms with E-state index < -0.39 is 23.7 Å². The normalized spacial score (nSPS) is 15.9. The first-order valence-electron chi connectivity index (χ1n) is 16.9. The molecular formula is C41H42N2O7. The Morgan fingerprint density at radius 3 is 2.46 bits per heavy atom. The topological polar surface area (TPSA) is 116 Å². The van der Waals surface area contributed by atoms with Crippen LogP contribution in [0.2, 0.25) is 0 Å². The third-order valence-corrected chi connectivity index (χ3v) is 8.47. The third-order valence-electron chi connectivity index (χ3n) is 8.47. The number of hydrogen-bond acceptors (Lipinski definition) is 7. The van der Waals surface area contributed by atoms with Crippen LogP contribution in [-0.2, 0) is 32.2 Å². The van der Waals surface area contributed by atoms with E-state index in [2.05, 4.69) is 10.6 Å². The Morgan fingerprint density at radius 2 is 1.68 bits per heavy atom. The zero-order valence-electron chi connectivity index (χ0n) is 28.7. The van der Waals surface area contributed by atoms with Crippen molar-refractivity contribution in [1.29, 1.82) is 0 Å². The Hall–Kier alpha value is -5.57. The summed E-state index contributed by atoms with van der Waals surface area (Å²) in [5.74, 6) is -0.360. The molecule has 9 nitrogen and oxygen atoms in total. The van der Waals surface area contributed by atoms with Gasteiger partial charge in [0, 0.05) is 29.0 Å². The fraction of sp³-hybridized carbons (Fsp3) is 0.293. The number of nitrogens with one attached hydrogen (secondary N) is 2. The quantitative estimate of drug-likeness (QED) is 0.128. The van der Waals surface area contributed by atoms with E-state index >= 15 is 0 Å². The summed E-state index contributed by atoms with van der Waals surface area (Å²) in [5, 5.41) is 6.68. The van der Waals surface area contributed by atoms with Gasteiger partial charge in [-0.3, -0.25) is 4.79 Å². The lowest BCUT2D eigenvalue weighted by atomic mass is 9.99. The largest absolute Gasteiger partial charge is 0.489 e. The maximum atomic E-state index is 13.4. The van der Waals surface area contributed by atoms with Crippen LogP contribution in [0, 0.1) is 5.92 Å². The highest BCUT2D eigenvalue weighted by Crippen LogP contribution is 2.48. The van der Waals surface area contributed by atoms with Gasteiger partial charge in [0.15, 0.2) is 6.04 Å². The average molecular weight is 675 g/mol. The number of esters is 1. The Bertz CT molecular complexity index is 1980. The van der Waals surface area contributed by atoms with Crippen molar-refractivity contribution < 1.29 is 33.0 Å². The molecule has 4 aromatic carbocycles. The number of alkyl carbamates (subject to hydrolysis) is 1. The Balaban J connectivity index is 1.20. The van der Waals surface area contributed by atoms with Crippen LogP contribution in [0.1, 0.15) is 68.3 Å². The fourth-order valence-electron chi connectivity index (χ4n) is 6.08. The van der Waals surface area contributed by atoms with Gasteiger partial charge in [0.1, 0.15) is 23.5 Å². The molecule has 1 heterocycles. The minimum absolute atomic E-state index is 0.125. The molecular weight excluding hydrogens is 632 g/mol. The summed E-state index contributed by atoms with van der Waals surface area (Å²) in [5.41, 5.74) is 5.33. The smallest absolute Gasteiger partial charge is 0.407 e. The molecule has 9 heteroatoms. The Kier molecular flexibility index (Phi) is 10.2.